The van der Waals surface area contributed by atoms with Gasteiger partial charge in [0.1, 0.15) is 0 Å². The van der Waals surface area contributed by atoms with Crippen LogP contribution < -0.4 is 0 Å². The molecule has 16 heavy (non-hydrogen) atoms. The zero-order valence-corrected chi connectivity index (χ0v) is 8.91. The van der Waals surface area contributed by atoms with Crippen molar-refractivity contribution in [3.63, 3.8) is 0 Å². The zero-order chi connectivity index (χ0) is 11.7. The minimum atomic E-state index is -0.714. The highest BCUT2D eigenvalue weighted by Gasteiger charge is 2.21. The lowest BCUT2D eigenvalue weighted by atomic mass is 10.4. The van der Waals surface area contributed by atoms with Gasteiger partial charge in [-0.2, -0.15) is 19.6 Å². The fourth-order valence-electron chi connectivity index (χ4n) is 1.35. The smallest absolute Gasteiger partial charge is 0.261 e. The maximum atomic E-state index is 11.8. The number of nitrogens with zero attached hydrogens (tertiary/aromatic N) is 4. The van der Waals surface area contributed by atoms with E-state index in [1.54, 1.807) is 26.0 Å². The molecule has 0 saturated carbocycles. The lowest BCUT2D eigenvalue weighted by Gasteiger charge is -2.03. The van der Waals surface area contributed by atoms with Crippen molar-refractivity contribution in [1.82, 2.24) is 19.6 Å². The monoisotopic (exact) mass is 218 g/mol. The second kappa shape index (κ2) is 3.73. The third-order valence-electron chi connectivity index (χ3n) is 2.23. The Morgan fingerprint density at radius 1 is 0.938 bits per heavy atom. The Hall–Kier alpha value is -2.24. The Balaban J connectivity index is 2.34. The summed E-state index contributed by atoms with van der Waals surface area (Å²) in [5, 5.41) is 7.56. The van der Waals surface area contributed by atoms with E-state index in [1.165, 1.54) is 12.4 Å². The first-order chi connectivity index (χ1) is 7.61. The summed E-state index contributed by atoms with van der Waals surface area (Å²) in [6.45, 7) is 3.41. The lowest BCUT2D eigenvalue weighted by molar-refractivity contribution is 0.0693. The molecule has 2 aromatic heterocycles. The quantitative estimate of drug-likeness (QED) is 0.609. The van der Waals surface area contributed by atoms with E-state index in [-0.39, 0.29) is 0 Å². The van der Waals surface area contributed by atoms with E-state index < -0.39 is 11.8 Å². The van der Waals surface area contributed by atoms with Gasteiger partial charge in [-0.25, -0.2) is 0 Å². The molecule has 0 N–H and O–H groups in total. The predicted octanol–water partition coefficient (Wildman–Crippen LogP) is 0.677. The van der Waals surface area contributed by atoms with E-state index in [1.807, 2.05) is 0 Å². The van der Waals surface area contributed by atoms with Crippen molar-refractivity contribution in [2.45, 2.75) is 13.8 Å². The molecule has 0 radical (unpaired) electrons. The van der Waals surface area contributed by atoms with Gasteiger partial charge in [0.2, 0.25) is 0 Å². The summed E-state index contributed by atoms with van der Waals surface area (Å²) in [5.41, 5.74) is 1.23. The normalized spacial score (nSPS) is 10.4. The van der Waals surface area contributed by atoms with Crippen LogP contribution in [0.5, 0.6) is 0 Å². The molecule has 0 spiro atoms. The maximum absolute atomic E-state index is 11.8. The molecule has 0 aliphatic carbocycles. The molecule has 0 saturated heterocycles. The van der Waals surface area contributed by atoms with Crippen molar-refractivity contribution in [1.29, 1.82) is 0 Å². The zero-order valence-electron chi connectivity index (χ0n) is 8.91. The first kappa shape index (κ1) is 10.3. The minimum Gasteiger partial charge on any atom is -0.261 e. The molecule has 2 heterocycles. The fourth-order valence-corrected chi connectivity index (χ4v) is 1.35. The number of rotatable bonds is 0. The highest BCUT2D eigenvalue weighted by Crippen LogP contribution is 2.00. The van der Waals surface area contributed by atoms with Gasteiger partial charge in [0.25, 0.3) is 0 Å². The standard InChI is InChI=1S/C10H10N4O2/c1-7-3-5-11-13(7)9(15)10(16)14-8(2)4-6-12-14/h3-6H,1-2H3. The molecule has 0 atom stereocenters. The molecule has 2 rings (SSSR count). The van der Waals surface area contributed by atoms with Gasteiger partial charge < -0.3 is 0 Å². The first-order valence-corrected chi connectivity index (χ1v) is 4.71. The van der Waals surface area contributed by atoms with Gasteiger partial charge in [0, 0.05) is 23.8 Å². The van der Waals surface area contributed by atoms with Gasteiger partial charge in [-0.1, -0.05) is 0 Å². The van der Waals surface area contributed by atoms with Crippen LogP contribution in [0.25, 0.3) is 0 Å². The summed E-state index contributed by atoms with van der Waals surface area (Å²) in [6.07, 6.45) is 2.94. The average molecular weight is 218 g/mol. The molecular formula is C10H10N4O2. The van der Waals surface area contributed by atoms with Gasteiger partial charge in [0.15, 0.2) is 0 Å². The van der Waals surface area contributed by atoms with Crippen LogP contribution in [0.1, 0.15) is 21.0 Å². The van der Waals surface area contributed by atoms with Gasteiger partial charge in [-0.3, -0.25) is 9.59 Å². The summed E-state index contributed by atoms with van der Waals surface area (Å²) in [6, 6.07) is 3.31. The van der Waals surface area contributed by atoms with Crippen LogP contribution in [-0.4, -0.2) is 31.4 Å². The summed E-state index contributed by atoms with van der Waals surface area (Å²) in [4.78, 5) is 23.5. The molecule has 6 heteroatoms. The van der Waals surface area contributed by atoms with E-state index in [4.69, 9.17) is 0 Å². The Bertz CT molecular complexity index is 502. The third kappa shape index (κ3) is 1.54. The Morgan fingerprint density at radius 3 is 1.56 bits per heavy atom. The SMILES string of the molecule is Cc1ccnn1C(=O)C(=O)n1nccc1C. The van der Waals surface area contributed by atoms with Crippen LogP contribution in [0, 0.1) is 13.8 Å². The lowest BCUT2D eigenvalue weighted by Crippen LogP contribution is -2.30. The fraction of sp³-hybridized carbons (Fsp3) is 0.200. The molecular weight excluding hydrogens is 208 g/mol. The van der Waals surface area contributed by atoms with Crippen molar-refractivity contribution in [3.05, 3.63) is 35.9 Å². The van der Waals surface area contributed by atoms with Crippen LogP contribution in [-0.2, 0) is 0 Å². The Morgan fingerprint density at radius 2 is 1.31 bits per heavy atom. The van der Waals surface area contributed by atoms with Gasteiger partial charge in [0.05, 0.1) is 0 Å². The molecule has 82 valence electrons. The van der Waals surface area contributed by atoms with E-state index in [9.17, 15) is 9.59 Å². The number of carbonyl (C=O) groups is 2. The molecule has 2 aromatic rings. The van der Waals surface area contributed by atoms with Crippen molar-refractivity contribution < 1.29 is 9.59 Å². The average Bonchev–Trinajstić information content (AvgIpc) is 2.85. The van der Waals surface area contributed by atoms with Gasteiger partial charge in [-0.15, -0.1) is 0 Å². The summed E-state index contributed by atoms with van der Waals surface area (Å²) >= 11 is 0. The topological polar surface area (TPSA) is 69.8 Å². The van der Waals surface area contributed by atoms with E-state index in [2.05, 4.69) is 10.2 Å². The van der Waals surface area contributed by atoms with Crippen LogP contribution in [0.2, 0.25) is 0 Å². The van der Waals surface area contributed by atoms with E-state index >= 15 is 0 Å². The molecule has 0 fully saturated rings. The summed E-state index contributed by atoms with van der Waals surface area (Å²) in [5.74, 6) is -1.43. The highest BCUT2D eigenvalue weighted by atomic mass is 16.2. The maximum Gasteiger partial charge on any atom is 0.338 e. The third-order valence-corrected chi connectivity index (χ3v) is 2.23. The van der Waals surface area contributed by atoms with Crippen LogP contribution in [0.3, 0.4) is 0 Å². The van der Waals surface area contributed by atoms with Gasteiger partial charge >= 0.3 is 11.8 Å². The Kier molecular flexibility index (Phi) is 2.40. The minimum absolute atomic E-state index is 0.614. The number of hydrogen-bond donors (Lipinski definition) is 0. The van der Waals surface area contributed by atoms with Crippen molar-refractivity contribution in [3.8, 4) is 0 Å². The van der Waals surface area contributed by atoms with Crippen LogP contribution >= 0.6 is 0 Å². The van der Waals surface area contributed by atoms with Crippen LogP contribution in [0.15, 0.2) is 24.5 Å². The highest BCUT2D eigenvalue weighted by molar-refractivity contribution is 6.36. The van der Waals surface area contributed by atoms with Crippen LogP contribution in [0.4, 0.5) is 0 Å². The first-order valence-electron chi connectivity index (χ1n) is 4.71. The summed E-state index contributed by atoms with van der Waals surface area (Å²) in [7, 11) is 0. The molecule has 0 aliphatic heterocycles. The van der Waals surface area contributed by atoms with E-state index in [0.717, 1.165) is 9.36 Å². The Labute approximate surface area is 91.5 Å². The van der Waals surface area contributed by atoms with Crippen molar-refractivity contribution in [2.24, 2.45) is 0 Å². The molecule has 0 amide bonds. The second-order valence-electron chi connectivity index (χ2n) is 3.38. The number of hydrogen-bond acceptors (Lipinski definition) is 4. The van der Waals surface area contributed by atoms with E-state index in [0.29, 0.717) is 11.4 Å². The molecule has 0 bridgehead atoms. The molecule has 6 nitrogen and oxygen atoms in total. The van der Waals surface area contributed by atoms with Crippen molar-refractivity contribution in [2.75, 3.05) is 0 Å². The van der Waals surface area contributed by atoms with Crippen molar-refractivity contribution >= 4 is 11.8 Å². The number of carbonyl (C=O) groups excluding carboxylic acids is 2. The second-order valence-corrected chi connectivity index (χ2v) is 3.38. The molecule has 0 aliphatic rings. The number of aromatic nitrogens is 4. The largest absolute Gasteiger partial charge is 0.338 e. The molecule has 0 aromatic carbocycles. The number of aryl methyl sites for hydroxylation is 2. The molecule has 0 unspecified atom stereocenters. The summed E-state index contributed by atoms with van der Waals surface area (Å²) < 4.78 is 2.12. The predicted molar refractivity (Wildman–Crippen MR) is 55.2 cm³/mol. The van der Waals surface area contributed by atoms with Gasteiger partial charge in [-0.05, 0) is 26.0 Å².